The minimum atomic E-state index is -1.09. The van der Waals surface area contributed by atoms with Crippen LogP contribution < -0.4 is 0 Å². The number of hydrogen-bond donors (Lipinski definition) is 0. The van der Waals surface area contributed by atoms with Crippen LogP contribution in [0, 0.1) is 24.4 Å². The van der Waals surface area contributed by atoms with Crippen LogP contribution in [-0.4, -0.2) is 0 Å². The second-order valence-electron chi connectivity index (χ2n) is 3.02. The molecule has 0 aromatic heterocycles. The minimum absolute atomic E-state index is 0.0350. The Labute approximate surface area is 81.1 Å². The molecule has 0 nitrogen and oxygen atoms in total. The number of hydrogen-bond acceptors (Lipinski definition) is 0. The summed E-state index contributed by atoms with van der Waals surface area (Å²) in [6.07, 6.45) is 1.32. The van der Waals surface area contributed by atoms with Crippen molar-refractivity contribution in [3.63, 3.8) is 0 Å². The highest BCUT2D eigenvalue weighted by Crippen LogP contribution is 2.25. The van der Waals surface area contributed by atoms with Gasteiger partial charge in [-0.05, 0) is 18.9 Å². The fourth-order valence-electron chi connectivity index (χ4n) is 1.39. The minimum Gasteiger partial charge on any atom is -0.206 e. The normalized spacial score (nSPS) is 10.4. The molecule has 0 aliphatic carbocycles. The Morgan fingerprint density at radius 1 is 1.14 bits per heavy atom. The number of rotatable bonds is 2. The van der Waals surface area contributed by atoms with Crippen molar-refractivity contribution < 1.29 is 13.2 Å². The molecule has 0 fully saturated rings. The first-order valence-electron chi connectivity index (χ1n) is 4.32. The molecule has 1 rings (SSSR count). The molecule has 0 radical (unpaired) electrons. The van der Waals surface area contributed by atoms with Crippen LogP contribution in [-0.2, 0) is 6.42 Å². The standard InChI is InChI=1S/C11H11F3/c1-4-7-6(3)9(12)11(14)8(5-2)10(7)13/h4H,1,5H2,2-3H3. The van der Waals surface area contributed by atoms with E-state index in [4.69, 9.17) is 0 Å². The predicted octanol–water partition coefficient (Wildman–Crippen LogP) is 3.62. The van der Waals surface area contributed by atoms with Crippen molar-refractivity contribution in [2.45, 2.75) is 20.3 Å². The Hall–Kier alpha value is -1.25. The van der Waals surface area contributed by atoms with E-state index in [1.165, 1.54) is 13.0 Å². The van der Waals surface area contributed by atoms with Gasteiger partial charge in [0.05, 0.1) is 0 Å². The van der Waals surface area contributed by atoms with Crippen molar-refractivity contribution in [1.29, 1.82) is 0 Å². The largest absolute Gasteiger partial charge is 0.206 e. The van der Waals surface area contributed by atoms with Crippen LogP contribution in [0.5, 0.6) is 0 Å². The highest BCUT2D eigenvalue weighted by Gasteiger charge is 2.19. The Balaban J connectivity index is 3.64. The third kappa shape index (κ3) is 1.43. The van der Waals surface area contributed by atoms with E-state index in [9.17, 15) is 13.2 Å². The zero-order valence-electron chi connectivity index (χ0n) is 8.13. The number of halogens is 3. The van der Waals surface area contributed by atoms with Gasteiger partial charge in [-0.15, -0.1) is 0 Å². The molecule has 0 N–H and O–H groups in total. The summed E-state index contributed by atoms with van der Waals surface area (Å²) in [5.74, 6) is -2.79. The van der Waals surface area contributed by atoms with Gasteiger partial charge >= 0.3 is 0 Å². The molecule has 14 heavy (non-hydrogen) atoms. The van der Waals surface area contributed by atoms with Crippen molar-refractivity contribution >= 4 is 6.08 Å². The Bertz CT molecular complexity index is 381. The molecule has 0 bridgehead atoms. The molecule has 3 heteroatoms. The molecule has 0 saturated heterocycles. The molecule has 0 heterocycles. The first kappa shape index (κ1) is 10.8. The van der Waals surface area contributed by atoms with Crippen molar-refractivity contribution in [2.75, 3.05) is 0 Å². The molecule has 0 atom stereocenters. The summed E-state index contributed by atoms with van der Waals surface area (Å²) in [6, 6.07) is 0. The molecular weight excluding hydrogens is 189 g/mol. The van der Waals surface area contributed by atoms with Crippen LogP contribution in [0.3, 0.4) is 0 Å². The summed E-state index contributed by atoms with van der Waals surface area (Å²) in [5.41, 5.74) is -0.212. The van der Waals surface area contributed by atoms with E-state index >= 15 is 0 Å². The molecule has 1 aromatic rings. The Morgan fingerprint density at radius 3 is 2.14 bits per heavy atom. The average molecular weight is 200 g/mol. The second kappa shape index (κ2) is 3.86. The van der Waals surface area contributed by atoms with Gasteiger partial charge in [0.2, 0.25) is 0 Å². The lowest BCUT2D eigenvalue weighted by Gasteiger charge is -2.10. The SMILES string of the molecule is C=Cc1c(C)c(F)c(F)c(CC)c1F. The highest BCUT2D eigenvalue weighted by atomic mass is 19.2. The monoisotopic (exact) mass is 200 g/mol. The van der Waals surface area contributed by atoms with Gasteiger partial charge in [-0.3, -0.25) is 0 Å². The lowest BCUT2D eigenvalue weighted by molar-refractivity contribution is 0.475. The first-order chi connectivity index (χ1) is 6.54. The van der Waals surface area contributed by atoms with E-state index in [0.29, 0.717) is 0 Å². The van der Waals surface area contributed by atoms with Gasteiger partial charge < -0.3 is 0 Å². The van der Waals surface area contributed by atoms with Gasteiger partial charge in [-0.25, -0.2) is 13.2 Å². The van der Waals surface area contributed by atoms with Crippen LogP contribution >= 0.6 is 0 Å². The van der Waals surface area contributed by atoms with Crippen LogP contribution in [0.1, 0.15) is 23.6 Å². The lowest BCUT2D eigenvalue weighted by Crippen LogP contribution is -2.04. The van der Waals surface area contributed by atoms with Gasteiger partial charge in [0.15, 0.2) is 11.6 Å². The van der Waals surface area contributed by atoms with E-state index in [1.54, 1.807) is 6.92 Å². The summed E-state index contributed by atoms with van der Waals surface area (Å²) < 4.78 is 39.9. The molecule has 0 aliphatic rings. The topological polar surface area (TPSA) is 0 Å². The highest BCUT2D eigenvalue weighted by molar-refractivity contribution is 5.54. The summed E-state index contributed by atoms with van der Waals surface area (Å²) in [6.45, 7) is 6.27. The summed E-state index contributed by atoms with van der Waals surface area (Å²) in [7, 11) is 0. The van der Waals surface area contributed by atoms with Crippen LogP contribution in [0.4, 0.5) is 13.2 Å². The van der Waals surface area contributed by atoms with E-state index < -0.39 is 17.5 Å². The van der Waals surface area contributed by atoms with Gasteiger partial charge in [0.1, 0.15) is 5.82 Å². The Morgan fingerprint density at radius 2 is 1.71 bits per heavy atom. The smallest absolute Gasteiger partial charge is 0.165 e. The van der Waals surface area contributed by atoms with Crippen molar-refractivity contribution in [3.05, 3.63) is 40.7 Å². The van der Waals surface area contributed by atoms with Crippen molar-refractivity contribution in [3.8, 4) is 0 Å². The van der Waals surface area contributed by atoms with Gasteiger partial charge in [-0.2, -0.15) is 0 Å². The van der Waals surface area contributed by atoms with Crippen LogP contribution in [0.15, 0.2) is 6.58 Å². The first-order valence-corrected chi connectivity index (χ1v) is 4.32. The van der Waals surface area contributed by atoms with Crippen LogP contribution in [0.25, 0.3) is 6.08 Å². The van der Waals surface area contributed by atoms with E-state index in [0.717, 1.165) is 0 Å². The van der Waals surface area contributed by atoms with Gasteiger partial charge in [-0.1, -0.05) is 19.6 Å². The quantitative estimate of drug-likeness (QED) is 0.639. The van der Waals surface area contributed by atoms with Gasteiger partial charge in [0.25, 0.3) is 0 Å². The molecule has 0 unspecified atom stereocenters. The second-order valence-corrected chi connectivity index (χ2v) is 3.02. The average Bonchev–Trinajstić information content (AvgIpc) is 2.16. The molecule has 76 valence electrons. The summed E-state index contributed by atoms with van der Waals surface area (Å²) in [4.78, 5) is 0. The van der Waals surface area contributed by atoms with E-state index in [2.05, 4.69) is 6.58 Å². The van der Waals surface area contributed by atoms with Crippen LogP contribution in [0.2, 0.25) is 0 Å². The summed E-state index contributed by atoms with van der Waals surface area (Å²) >= 11 is 0. The molecule has 0 saturated carbocycles. The van der Waals surface area contributed by atoms with Gasteiger partial charge in [0, 0.05) is 11.1 Å². The Kier molecular flexibility index (Phi) is 2.99. The summed E-state index contributed by atoms with van der Waals surface area (Å²) in [5, 5.41) is 0. The molecule has 0 aliphatic heterocycles. The van der Waals surface area contributed by atoms with Crippen molar-refractivity contribution in [2.24, 2.45) is 0 Å². The van der Waals surface area contributed by atoms with Crippen molar-refractivity contribution in [1.82, 2.24) is 0 Å². The van der Waals surface area contributed by atoms with E-state index in [-0.39, 0.29) is 23.1 Å². The maximum Gasteiger partial charge on any atom is 0.165 e. The van der Waals surface area contributed by atoms with E-state index in [1.807, 2.05) is 0 Å². The maximum absolute atomic E-state index is 13.5. The lowest BCUT2D eigenvalue weighted by atomic mass is 10.0. The molecule has 0 spiro atoms. The maximum atomic E-state index is 13.5. The zero-order chi connectivity index (χ0) is 10.9. The third-order valence-electron chi connectivity index (χ3n) is 2.25. The number of benzene rings is 1. The predicted molar refractivity (Wildman–Crippen MR) is 50.5 cm³/mol. The molecular formula is C11H11F3. The zero-order valence-corrected chi connectivity index (χ0v) is 8.13. The third-order valence-corrected chi connectivity index (χ3v) is 2.25. The molecule has 1 aromatic carbocycles. The fraction of sp³-hybridized carbons (Fsp3) is 0.273. The fourth-order valence-corrected chi connectivity index (χ4v) is 1.39. The molecule has 0 amide bonds.